The van der Waals surface area contributed by atoms with Crippen LogP contribution in [0.4, 0.5) is 5.00 Å². The molecule has 6 heteroatoms. The predicted octanol–water partition coefficient (Wildman–Crippen LogP) is 2.96. The van der Waals surface area contributed by atoms with Crippen LogP contribution in [0.3, 0.4) is 0 Å². The Kier molecular flexibility index (Phi) is 5.18. The van der Waals surface area contributed by atoms with Gasteiger partial charge in [-0.15, -0.1) is 11.3 Å². The number of pyridine rings is 1. The molecule has 0 saturated carbocycles. The van der Waals surface area contributed by atoms with Crippen LogP contribution in [-0.4, -0.2) is 18.5 Å². The van der Waals surface area contributed by atoms with Crippen LogP contribution in [0.5, 0.6) is 0 Å². The number of nitrogens with zero attached hydrogens (tertiary/aromatic N) is 1. The fourth-order valence-corrected chi connectivity index (χ4v) is 4.45. The maximum absolute atomic E-state index is 12.5. The molecule has 132 valence electrons. The Morgan fingerprint density at radius 3 is 2.88 bits per heavy atom. The smallest absolute Gasteiger partial charge is 0.341 e. The summed E-state index contributed by atoms with van der Waals surface area (Å²) >= 11 is 1.51. The van der Waals surface area contributed by atoms with Crippen LogP contribution in [0.25, 0.3) is 0 Å². The van der Waals surface area contributed by atoms with Crippen LogP contribution < -0.4 is 9.88 Å². The van der Waals surface area contributed by atoms with E-state index in [-0.39, 0.29) is 18.4 Å². The van der Waals surface area contributed by atoms with Gasteiger partial charge in [0.25, 0.3) is 5.91 Å². The molecule has 2 heterocycles. The quantitative estimate of drug-likeness (QED) is 0.660. The summed E-state index contributed by atoms with van der Waals surface area (Å²) in [5.74, 6) is -0.472. The number of ether oxygens (including phenoxy) is 1. The number of hydrogen-bond acceptors (Lipinski definition) is 4. The Hall–Kier alpha value is -2.21. The zero-order valence-corrected chi connectivity index (χ0v) is 15.7. The Bertz CT molecular complexity index is 826. The van der Waals surface area contributed by atoms with Gasteiger partial charge in [-0.2, -0.15) is 4.57 Å². The van der Waals surface area contributed by atoms with Crippen molar-refractivity contribution in [2.75, 3.05) is 11.9 Å². The summed E-state index contributed by atoms with van der Waals surface area (Å²) in [6.07, 6.45) is 4.79. The van der Waals surface area contributed by atoms with E-state index in [0.717, 1.165) is 36.1 Å². The normalized spacial score (nSPS) is 12.8. The standard InChI is InChI=1S/C19H22N2O3S/c1-4-24-19(23)17-14-8-5-9-15(14)25-18(17)20-16(22)11-21-10-6-7-12(2)13(21)3/h6-7,10H,4-5,8-9,11H2,1-3H3/p+1. The molecule has 25 heavy (non-hydrogen) atoms. The summed E-state index contributed by atoms with van der Waals surface area (Å²) in [6.45, 7) is 6.35. The van der Waals surface area contributed by atoms with E-state index in [0.29, 0.717) is 17.2 Å². The maximum Gasteiger partial charge on any atom is 0.341 e. The van der Waals surface area contributed by atoms with E-state index in [1.54, 1.807) is 6.92 Å². The number of thiophene rings is 1. The molecule has 0 spiro atoms. The van der Waals surface area contributed by atoms with Gasteiger partial charge in [-0.25, -0.2) is 4.79 Å². The Morgan fingerprint density at radius 2 is 2.12 bits per heavy atom. The first-order valence-electron chi connectivity index (χ1n) is 8.58. The van der Waals surface area contributed by atoms with E-state index in [1.165, 1.54) is 16.2 Å². The third kappa shape index (κ3) is 3.58. The van der Waals surface area contributed by atoms with Crippen LogP contribution in [0, 0.1) is 13.8 Å². The van der Waals surface area contributed by atoms with E-state index in [9.17, 15) is 9.59 Å². The fourth-order valence-electron chi connectivity index (χ4n) is 3.15. The van der Waals surface area contributed by atoms with E-state index >= 15 is 0 Å². The molecular weight excluding hydrogens is 336 g/mol. The first-order valence-corrected chi connectivity index (χ1v) is 9.40. The third-order valence-corrected chi connectivity index (χ3v) is 5.79. The minimum atomic E-state index is -0.336. The molecule has 3 rings (SSSR count). The molecule has 1 aliphatic carbocycles. The number of rotatable bonds is 5. The second-order valence-electron chi connectivity index (χ2n) is 6.23. The van der Waals surface area contributed by atoms with Crippen molar-refractivity contribution in [3.05, 3.63) is 45.6 Å². The van der Waals surface area contributed by atoms with Gasteiger partial charge in [0.1, 0.15) is 5.00 Å². The summed E-state index contributed by atoms with van der Waals surface area (Å²) in [5.41, 5.74) is 3.80. The number of carbonyl (C=O) groups excluding carboxylic acids is 2. The monoisotopic (exact) mass is 359 g/mol. The van der Waals surface area contributed by atoms with E-state index in [4.69, 9.17) is 4.74 Å². The third-order valence-electron chi connectivity index (χ3n) is 4.58. The highest BCUT2D eigenvalue weighted by molar-refractivity contribution is 7.17. The molecule has 0 radical (unpaired) electrons. The number of nitrogens with one attached hydrogen (secondary N) is 1. The van der Waals surface area contributed by atoms with E-state index < -0.39 is 0 Å². The molecule has 1 aliphatic rings. The van der Waals surface area contributed by atoms with Crippen LogP contribution in [0.15, 0.2) is 18.3 Å². The zero-order chi connectivity index (χ0) is 18.0. The minimum Gasteiger partial charge on any atom is -0.462 e. The summed E-state index contributed by atoms with van der Waals surface area (Å²) in [7, 11) is 0. The van der Waals surface area contributed by atoms with E-state index in [2.05, 4.69) is 5.32 Å². The van der Waals surface area contributed by atoms with Gasteiger partial charge in [0.2, 0.25) is 6.54 Å². The molecule has 1 N–H and O–H groups in total. The van der Waals surface area contributed by atoms with Crippen LogP contribution in [-0.2, 0) is 28.9 Å². The summed E-state index contributed by atoms with van der Waals surface area (Å²) < 4.78 is 7.11. The lowest BCUT2D eigenvalue weighted by molar-refractivity contribution is -0.690. The Balaban J connectivity index is 1.82. The average molecular weight is 359 g/mol. The van der Waals surface area contributed by atoms with Crippen molar-refractivity contribution < 1.29 is 18.9 Å². The van der Waals surface area contributed by atoms with E-state index in [1.807, 2.05) is 36.7 Å². The lowest BCUT2D eigenvalue weighted by Gasteiger charge is -2.07. The lowest BCUT2D eigenvalue weighted by Crippen LogP contribution is -2.43. The molecule has 0 aromatic carbocycles. The molecule has 2 aromatic rings. The fraction of sp³-hybridized carbons (Fsp3) is 0.421. The largest absolute Gasteiger partial charge is 0.462 e. The summed E-state index contributed by atoms with van der Waals surface area (Å²) in [4.78, 5) is 26.1. The van der Waals surface area contributed by atoms with Gasteiger partial charge in [0.05, 0.1) is 12.2 Å². The minimum absolute atomic E-state index is 0.135. The Morgan fingerprint density at radius 1 is 1.32 bits per heavy atom. The number of esters is 1. The predicted molar refractivity (Wildman–Crippen MR) is 97.0 cm³/mol. The molecule has 0 bridgehead atoms. The Labute approximate surface area is 151 Å². The maximum atomic E-state index is 12.5. The molecule has 0 aliphatic heterocycles. The first-order chi connectivity index (χ1) is 12.0. The lowest BCUT2D eigenvalue weighted by atomic mass is 10.1. The van der Waals surface area contributed by atoms with Gasteiger partial charge in [-0.1, -0.05) is 0 Å². The van der Waals surface area contributed by atoms with Gasteiger partial charge in [0, 0.05) is 23.4 Å². The van der Waals surface area contributed by atoms with Crippen molar-refractivity contribution >= 4 is 28.2 Å². The number of anilines is 1. The second kappa shape index (κ2) is 7.35. The number of aryl methyl sites for hydroxylation is 2. The molecule has 0 fully saturated rings. The van der Waals surface area contributed by atoms with Crippen molar-refractivity contribution in [2.45, 2.75) is 46.6 Å². The molecule has 0 atom stereocenters. The van der Waals surface area contributed by atoms with Crippen molar-refractivity contribution in [3.8, 4) is 0 Å². The SMILES string of the molecule is CCOC(=O)c1c(NC(=O)C[n+]2cccc(C)c2C)sc2c1CCC2. The van der Waals surface area contributed by atoms with Crippen LogP contribution >= 0.6 is 11.3 Å². The number of amides is 1. The van der Waals surface area contributed by atoms with Gasteiger partial charge in [-0.05, 0) is 44.7 Å². The number of hydrogen-bond donors (Lipinski definition) is 1. The molecule has 2 aromatic heterocycles. The first kappa shape index (κ1) is 17.6. The zero-order valence-electron chi connectivity index (χ0n) is 14.8. The summed E-state index contributed by atoms with van der Waals surface area (Å²) in [5, 5.41) is 3.56. The topological polar surface area (TPSA) is 59.3 Å². The highest BCUT2D eigenvalue weighted by Crippen LogP contribution is 2.39. The van der Waals surface area contributed by atoms with Crippen LogP contribution in [0.1, 0.15) is 45.4 Å². The highest BCUT2D eigenvalue weighted by atomic mass is 32.1. The summed E-state index contributed by atoms with van der Waals surface area (Å²) in [6, 6.07) is 3.95. The van der Waals surface area contributed by atoms with Crippen molar-refractivity contribution in [1.82, 2.24) is 0 Å². The number of carbonyl (C=O) groups is 2. The number of fused-ring (bicyclic) bond motifs is 1. The highest BCUT2D eigenvalue weighted by Gasteiger charge is 2.28. The molecular formula is C19H23N2O3S+. The molecule has 1 amide bonds. The second-order valence-corrected chi connectivity index (χ2v) is 7.34. The average Bonchev–Trinajstić information content (AvgIpc) is 3.12. The molecule has 0 saturated heterocycles. The van der Waals surface area contributed by atoms with Gasteiger partial charge >= 0.3 is 5.97 Å². The van der Waals surface area contributed by atoms with Crippen molar-refractivity contribution in [2.24, 2.45) is 0 Å². The molecule has 5 nitrogen and oxygen atoms in total. The van der Waals surface area contributed by atoms with Gasteiger partial charge in [-0.3, -0.25) is 4.79 Å². The van der Waals surface area contributed by atoms with Gasteiger partial charge in [0.15, 0.2) is 11.9 Å². The van der Waals surface area contributed by atoms with Crippen LogP contribution in [0.2, 0.25) is 0 Å². The van der Waals surface area contributed by atoms with Gasteiger partial charge < -0.3 is 10.1 Å². The number of aromatic nitrogens is 1. The van der Waals surface area contributed by atoms with Crippen molar-refractivity contribution in [3.63, 3.8) is 0 Å². The molecule has 0 unspecified atom stereocenters. The van der Waals surface area contributed by atoms with Crippen molar-refractivity contribution in [1.29, 1.82) is 0 Å².